The summed E-state index contributed by atoms with van der Waals surface area (Å²) in [5.41, 5.74) is 5.06. The number of para-hydroxylation sites is 1. The van der Waals surface area contributed by atoms with Gasteiger partial charge in [-0.15, -0.1) is 0 Å². The third-order valence-corrected chi connectivity index (χ3v) is 3.91. The number of aryl methyl sites for hydroxylation is 1. The Labute approximate surface area is 134 Å². The molecule has 0 amide bonds. The van der Waals surface area contributed by atoms with Crippen LogP contribution >= 0.6 is 11.8 Å². The highest BCUT2D eigenvalue weighted by atomic mass is 32.2. The number of imidazole rings is 1. The average Bonchev–Trinajstić information content (AvgIpc) is 2.96. The second kappa shape index (κ2) is 8.99. The molecule has 7 heteroatoms. The fourth-order valence-electron chi connectivity index (χ4n) is 1.70. The van der Waals surface area contributed by atoms with E-state index in [1.54, 1.807) is 13.4 Å². The summed E-state index contributed by atoms with van der Waals surface area (Å²) in [4.78, 5) is 16.9. The topological polar surface area (TPSA) is 74.3 Å². The summed E-state index contributed by atoms with van der Waals surface area (Å²) in [5, 5.41) is 3.20. The zero-order valence-corrected chi connectivity index (χ0v) is 13.6. The Morgan fingerprint density at radius 2 is 2.18 bits per heavy atom. The summed E-state index contributed by atoms with van der Waals surface area (Å²) < 4.78 is 0. The van der Waals surface area contributed by atoms with E-state index in [4.69, 9.17) is 4.84 Å². The quantitative estimate of drug-likeness (QED) is 0.315. The second-order valence-corrected chi connectivity index (χ2v) is 5.65. The molecule has 1 heterocycles. The van der Waals surface area contributed by atoms with Gasteiger partial charge in [0.15, 0.2) is 5.75 Å². The summed E-state index contributed by atoms with van der Waals surface area (Å²) >= 11 is 1.82. The lowest BCUT2D eigenvalue weighted by Gasteiger charge is -2.12. The van der Waals surface area contributed by atoms with E-state index in [2.05, 4.69) is 25.8 Å². The van der Waals surface area contributed by atoms with Crippen molar-refractivity contribution in [3.63, 3.8) is 0 Å². The highest BCUT2D eigenvalue weighted by Gasteiger charge is 2.01. The predicted octanol–water partition coefficient (Wildman–Crippen LogP) is 2.11. The number of guanidine groups is 1. The van der Waals surface area contributed by atoms with Crippen molar-refractivity contribution in [1.82, 2.24) is 20.8 Å². The van der Waals surface area contributed by atoms with Crippen molar-refractivity contribution in [2.24, 2.45) is 4.99 Å². The smallest absolute Gasteiger partial charge is 0.224 e. The van der Waals surface area contributed by atoms with E-state index >= 15 is 0 Å². The first-order valence-electron chi connectivity index (χ1n) is 7.04. The normalized spacial score (nSPS) is 11.3. The van der Waals surface area contributed by atoms with Crippen molar-refractivity contribution < 1.29 is 4.84 Å². The van der Waals surface area contributed by atoms with E-state index in [1.165, 1.54) is 0 Å². The van der Waals surface area contributed by atoms with Crippen molar-refractivity contribution in [2.75, 3.05) is 19.3 Å². The van der Waals surface area contributed by atoms with Gasteiger partial charge in [0, 0.05) is 30.8 Å². The van der Waals surface area contributed by atoms with Crippen LogP contribution in [-0.4, -0.2) is 35.3 Å². The van der Waals surface area contributed by atoms with Crippen LogP contribution in [0.15, 0.2) is 41.7 Å². The molecule has 0 spiro atoms. The van der Waals surface area contributed by atoms with Gasteiger partial charge in [-0.2, -0.15) is 17.2 Å². The lowest BCUT2D eigenvalue weighted by atomic mass is 10.3. The Hall–Kier alpha value is -2.15. The number of benzene rings is 1. The molecule has 0 bridgehead atoms. The van der Waals surface area contributed by atoms with Crippen LogP contribution in [0.2, 0.25) is 0 Å². The average molecular weight is 319 g/mol. The summed E-state index contributed by atoms with van der Waals surface area (Å²) in [6.45, 7) is 2.83. The Morgan fingerprint density at radius 3 is 2.86 bits per heavy atom. The molecular weight excluding hydrogens is 298 g/mol. The maximum atomic E-state index is 5.43. The fourth-order valence-corrected chi connectivity index (χ4v) is 2.57. The molecule has 0 aliphatic heterocycles. The molecule has 0 radical (unpaired) electrons. The van der Waals surface area contributed by atoms with E-state index in [1.807, 2.05) is 49.0 Å². The minimum atomic E-state index is 0.611. The Kier molecular flexibility index (Phi) is 6.63. The largest absolute Gasteiger partial charge is 0.379 e. The standard InChI is InChI=1S/C15H21N5OS/c1-12-14(19-11-18-12)10-22-9-8-17-15(16-2)20-21-13-6-4-3-5-7-13/h3-7,11H,8-10H2,1-2H3,(H,18,19)(H2,16,17,20). The van der Waals surface area contributed by atoms with Crippen LogP contribution in [0.25, 0.3) is 0 Å². The minimum absolute atomic E-state index is 0.611. The van der Waals surface area contributed by atoms with Crippen molar-refractivity contribution >= 4 is 17.7 Å². The highest BCUT2D eigenvalue weighted by Crippen LogP contribution is 2.11. The molecule has 0 fully saturated rings. The summed E-state index contributed by atoms with van der Waals surface area (Å²) in [7, 11) is 1.71. The molecule has 0 aliphatic rings. The summed E-state index contributed by atoms with van der Waals surface area (Å²) in [6.07, 6.45) is 1.73. The van der Waals surface area contributed by atoms with Crippen molar-refractivity contribution in [3.05, 3.63) is 48.0 Å². The third kappa shape index (κ3) is 5.33. The van der Waals surface area contributed by atoms with Gasteiger partial charge >= 0.3 is 0 Å². The van der Waals surface area contributed by atoms with Crippen LogP contribution in [0.5, 0.6) is 5.75 Å². The number of thioether (sulfide) groups is 1. The fraction of sp³-hybridized carbons (Fsp3) is 0.333. The van der Waals surface area contributed by atoms with Gasteiger partial charge in [-0.3, -0.25) is 4.99 Å². The Balaban J connectivity index is 1.61. The van der Waals surface area contributed by atoms with Crippen LogP contribution < -0.4 is 15.6 Å². The zero-order chi connectivity index (χ0) is 15.6. The Bertz CT molecular complexity index is 585. The second-order valence-electron chi connectivity index (χ2n) is 4.54. The highest BCUT2D eigenvalue weighted by molar-refractivity contribution is 7.98. The molecule has 6 nitrogen and oxygen atoms in total. The van der Waals surface area contributed by atoms with Gasteiger partial charge in [-0.1, -0.05) is 18.2 Å². The lowest BCUT2D eigenvalue weighted by molar-refractivity contribution is 0.257. The molecule has 1 aromatic carbocycles. The molecule has 3 N–H and O–H groups in total. The molecule has 0 saturated heterocycles. The molecule has 2 aromatic rings. The summed E-state index contributed by atoms with van der Waals surface area (Å²) in [6, 6.07) is 9.53. The number of aliphatic imine (C=N–C) groups is 1. The number of hydrogen-bond donors (Lipinski definition) is 3. The van der Waals surface area contributed by atoms with Gasteiger partial charge in [0.2, 0.25) is 5.96 Å². The van der Waals surface area contributed by atoms with Gasteiger partial charge in [-0.25, -0.2) is 4.98 Å². The first kappa shape index (κ1) is 16.2. The van der Waals surface area contributed by atoms with Crippen LogP contribution in [-0.2, 0) is 5.75 Å². The van der Waals surface area contributed by atoms with E-state index in [9.17, 15) is 0 Å². The van der Waals surface area contributed by atoms with Gasteiger partial charge in [0.25, 0.3) is 0 Å². The molecule has 118 valence electrons. The minimum Gasteiger partial charge on any atom is -0.379 e. The van der Waals surface area contributed by atoms with Gasteiger partial charge in [0.1, 0.15) is 0 Å². The van der Waals surface area contributed by atoms with E-state index < -0.39 is 0 Å². The number of nitrogens with zero attached hydrogens (tertiary/aromatic N) is 2. The van der Waals surface area contributed by atoms with Gasteiger partial charge < -0.3 is 15.1 Å². The summed E-state index contributed by atoms with van der Waals surface area (Å²) in [5.74, 6) is 3.22. The maximum absolute atomic E-state index is 5.43. The van der Waals surface area contributed by atoms with Gasteiger partial charge in [0.05, 0.1) is 12.0 Å². The number of hydroxylamine groups is 1. The van der Waals surface area contributed by atoms with Crippen molar-refractivity contribution in [2.45, 2.75) is 12.7 Å². The van der Waals surface area contributed by atoms with E-state index in [0.29, 0.717) is 5.96 Å². The van der Waals surface area contributed by atoms with Crippen molar-refractivity contribution in [1.29, 1.82) is 0 Å². The third-order valence-electron chi connectivity index (χ3n) is 2.94. The molecule has 2 rings (SSSR count). The van der Waals surface area contributed by atoms with Gasteiger partial charge in [-0.05, 0) is 19.1 Å². The monoisotopic (exact) mass is 319 g/mol. The maximum Gasteiger partial charge on any atom is 0.224 e. The molecular formula is C15H21N5OS. The van der Waals surface area contributed by atoms with Crippen LogP contribution in [0.4, 0.5) is 0 Å². The van der Waals surface area contributed by atoms with Crippen LogP contribution in [0, 0.1) is 6.92 Å². The number of rotatable bonds is 7. The Morgan fingerprint density at radius 1 is 1.36 bits per heavy atom. The molecule has 0 saturated carbocycles. The van der Waals surface area contributed by atoms with E-state index in [-0.39, 0.29) is 0 Å². The number of hydrogen-bond acceptors (Lipinski definition) is 4. The number of nitrogens with one attached hydrogen (secondary N) is 3. The first-order valence-corrected chi connectivity index (χ1v) is 8.20. The van der Waals surface area contributed by atoms with Crippen LogP contribution in [0.1, 0.15) is 11.4 Å². The van der Waals surface area contributed by atoms with Crippen LogP contribution in [0.3, 0.4) is 0 Å². The lowest BCUT2D eigenvalue weighted by Crippen LogP contribution is -2.40. The SMILES string of the molecule is CN=C(NCCSCc1nc[nH]c1C)NOc1ccccc1. The zero-order valence-electron chi connectivity index (χ0n) is 12.8. The molecule has 1 aromatic heterocycles. The first-order chi connectivity index (χ1) is 10.8. The number of H-pyrrole nitrogens is 1. The molecule has 0 atom stereocenters. The molecule has 0 aliphatic carbocycles. The number of aromatic amines is 1. The van der Waals surface area contributed by atoms with E-state index in [0.717, 1.165) is 35.2 Å². The molecule has 0 unspecified atom stereocenters. The number of aromatic nitrogens is 2. The van der Waals surface area contributed by atoms with Crippen molar-refractivity contribution in [3.8, 4) is 5.75 Å². The predicted molar refractivity (Wildman–Crippen MR) is 91.1 cm³/mol. The molecule has 22 heavy (non-hydrogen) atoms.